The second-order valence-electron chi connectivity index (χ2n) is 5.41. The van der Waals surface area contributed by atoms with E-state index in [1.54, 1.807) is 6.07 Å². The zero-order chi connectivity index (χ0) is 13.7. The maximum absolute atomic E-state index is 14.0. The van der Waals surface area contributed by atoms with E-state index in [0.717, 1.165) is 50.4 Å². The summed E-state index contributed by atoms with van der Waals surface area (Å²) in [5.74, 6) is -0.116. The Morgan fingerprint density at radius 3 is 2.95 bits per heavy atom. The molecule has 0 aliphatic carbocycles. The summed E-state index contributed by atoms with van der Waals surface area (Å²) in [5, 5.41) is 6.72. The highest BCUT2D eigenvalue weighted by Crippen LogP contribution is 2.21. The summed E-state index contributed by atoms with van der Waals surface area (Å²) in [6.45, 7) is 8.76. The topological polar surface area (TPSA) is 27.3 Å². The van der Waals surface area contributed by atoms with Gasteiger partial charge in [-0.1, -0.05) is 19.9 Å². The van der Waals surface area contributed by atoms with E-state index < -0.39 is 0 Å². The minimum Gasteiger partial charge on any atom is -0.368 e. The molecule has 0 saturated carbocycles. The lowest BCUT2D eigenvalue weighted by atomic mass is 10.1. The second kappa shape index (κ2) is 6.87. The first-order valence-corrected chi connectivity index (χ1v) is 7.14. The van der Waals surface area contributed by atoms with Crippen molar-refractivity contribution in [2.45, 2.75) is 32.9 Å². The average molecular weight is 265 g/mol. The zero-order valence-electron chi connectivity index (χ0n) is 11.9. The molecule has 3 nitrogen and oxygen atoms in total. The summed E-state index contributed by atoms with van der Waals surface area (Å²) >= 11 is 0. The van der Waals surface area contributed by atoms with E-state index in [2.05, 4.69) is 29.4 Å². The van der Waals surface area contributed by atoms with Crippen LogP contribution in [-0.2, 0) is 6.54 Å². The van der Waals surface area contributed by atoms with Crippen LogP contribution in [0, 0.1) is 5.82 Å². The van der Waals surface area contributed by atoms with Crippen LogP contribution in [0.1, 0.15) is 25.8 Å². The third-order valence-corrected chi connectivity index (χ3v) is 3.41. The fraction of sp³-hybridized carbons (Fsp3) is 0.600. The van der Waals surface area contributed by atoms with Gasteiger partial charge in [-0.25, -0.2) is 4.39 Å². The van der Waals surface area contributed by atoms with Crippen molar-refractivity contribution in [3.8, 4) is 0 Å². The second-order valence-corrected chi connectivity index (χ2v) is 5.41. The Bertz CT molecular complexity index is 398. The molecule has 1 aliphatic heterocycles. The maximum atomic E-state index is 14.0. The monoisotopic (exact) mass is 265 g/mol. The van der Waals surface area contributed by atoms with E-state index in [4.69, 9.17) is 0 Å². The fourth-order valence-corrected chi connectivity index (χ4v) is 2.32. The molecule has 106 valence electrons. The number of hydrogen-bond acceptors (Lipinski definition) is 3. The zero-order valence-corrected chi connectivity index (χ0v) is 11.9. The molecule has 1 aliphatic rings. The number of anilines is 1. The predicted molar refractivity (Wildman–Crippen MR) is 78.1 cm³/mol. The van der Waals surface area contributed by atoms with Crippen molar-refractivity contribution in [2.75, 3.05) is 31.1 Å². The molecule has 0 amide bonds. The lowest BCUT2D eigenvalue weighted by molar-refractivity contribution is 0.585. The van der Waals surface area contributed by atoms with Crippen LogP contribution in [0.15, 0.2) is 18.2 Å². The van der Waals surface area contributed by atoms with Gasteiger partial charge in [-0.3, -0.25) is 0 Å². The van der Waals surface area contributed by atoms with Crippen LogP contribution < -0.4 is 15.5 Å². The highest BCUT2D eigenvalue weighted by atomic mass is 19.1. The van der Waals surface area contributed by atoms with E-state index in [1.165, 1.54) is 0 Å². The van der Waals surface area contributed by atoms with Gasteiger partial charge in [-0.05, 0) is 30.7 Å². The van der Waals surface area contributed by atoms with Gasteiger partial charge in [-0.2, -0.15) is 0 Å². The van der Waals surface area contributed by atoms with Crippen molar-refractivity contribution in [3.63, 3.8) is 0 Å². The van der Waals surface area contributed by atoms with Crippen LogP contribution >= 0.6 is 0 Å². The lowest BCUT2D eigenvalue weighted by Crippen LogP contribution is -2.29. The van der Waals surface area contributed by atoms with Crippen LogP contribution in [0.3, 0.4) is 0 Å². The number of halogens is 1. The molecule has 0 bridgehead atoms. The Morgan fingerprint density at radius 1 is 1.32 bits per heavy atom. The molecule has 0 unspecified atom stereocenters. The van der Waals surface area contributed by atoms with Gasteiger partial charge < -0.3 is 15.5 Å². The van der Waals surface area contributed by atoms with Gasteiger partial charge in [0.05, 0.1) is 5.69 Å². The van der Waals surface area contributed by atoms with Crippen LogP contribution in [0.4, 0.5) is 10.1 Å². The minimum atomic E-state index is -0.116. The highest BCUT2D eigenvalue weighted by Gasteiger charge is 2.14. The summed E-state index contributed by atoms with van der Waals surface area (Å²) < 4.78 is 14.0. The van der Waals surface area contributed by atoms with Crippen LogP contribution in [0.5, 0.6) is 0 Å². The van der Waals surface area contributed by atoms with E-state index in [1.807, 2.05) is 12.1 Å². The van der Waals surface area contributed by atoms with E-state index in [0.29, 0.717) is 6.04 Å². The van der Waals surface area contributed by atoms with Crippen molar-refractivity contribution in [1.82, 2.24) is 10.6 Å². The Hall–Kier alpha value is -1.13. The number of nitrogens with zero attached hydrogens (tertiary/aromatic N) is 1. The molecular formula is C15H24FN3. The molecule has 2 N–H and O–H groups in total. The molecule has 0 radical (unpaired) electrons. The van der Waals surface area contributed by atoms with Gasteiger partial charge in [0.1, 0.15) is 5.82 Å². The molecule has 1 saturated heterocycles. The Labute approximate surface area is 115 Å². The van der Waals surface area contributed by atoms with Crippen LogP contribution in [0.2, 0.25) is 0 Å². The SMILES string of the molecule is CC(C)NCc1ccc(F)c(N2CCCNCC2)c1. The van der Waals surface area contributed by atoms with E-state index >= 15 is 0 Å². The van der Waals surface area contributed by atoms with Gasteiger partial charge in [-0.15, -0.1) is 0 Å². The van der Waals surface area contributed by atoms with Gasteiger partial charge in [0.2, 0.25) is 0 Å². The lowest BCUT2D eigenvalue weighted by Gasteiger charge is -2.23. The first kappa shape index (κ1) is 14.3. The maximum Gasteiger partial charge on any atom is 0.146 e. The molecule has 1 aromatic carbocycles. The van der Waals surface area contributed by atoms with Gasteiger partial charge in [0, 0.05) is 32.2 Å². The Morgan fingerprint density at radius 2 is 2.16 bits per heavy atom. The quantitative estimate of drug-likeness (QED) is 0.873. The molecular weight excluding hydrogens is 241 g/mol. The van der Waals surface area contributed by atoms with Crippen molar-refractivity contribution < 1.29 is 4.39 Å². The Kier molecular flexibility index (Phi) is 5.16. The van der Waals surface area contributed by atoms with Crippen LogP contribution in [0.25, 0.3) is 0 Å². The Balaban J connectivity index is 2.11. The van der Waals surface area contributed by atoms with Crippen molar-refractivity contribution in [2.24, 2.45) is 0 Å². The summed E-state index contributed by atoms with van der Waals surface area (Å²) in [6, 6.07) is 5.88. The molecule has 1 heterocycles. The third-order valence-electron chi connectivity index (χ3n) is 3.41. The average Bonchev–Trinajstić information content (AvgIpc) is 2.66. The third kappa shape index (κ3) is 4.18. The number of hydrogen-bond donors (Lipinski definition) is 2. The molecule has 0 aromatic heterocycles. The number of rotatable bonds is 4. The summed E-state index contributed by atoms with van der Waals surface area (Å²) in [6.07, 6.45) is 1.06. The summed E-state index contributed by atoms with van der Waals surface area (Å²) in [5.41, 5.74) is 1.88. The molecule has 4 heteroatoms. The molecule has 0 spiro atoms. The largest absolute Gasteiger partial charge is 0.368 e. The van der Waals surface area contributed by atoms with Gasteiger partial charge >= 0.3 is 0 Å². The summed E-state index contributed by atoms with van der Waals surface area (Å²) in [7, 11) is 0. The highest BCUT2D eigenvalue weighted by molar-refractivity contribution is 5.50. The molecule has 19 heavy (non-hydrogen) atoms. The first-order chi connectivity index (χ1) is 9.16. The van der Waals surface area contributed by atoms with E-state index in [-0.39, 0.29) is 5.82 Å². The van der Waals surface area contributed by atoms with Crippen molar-refractivity contribution >= 4 is 5.69 Å². The fourth-order valence-electron chi connectivity index (χ4n) is 2.32. The summed E-state index contributed by atoms with van der Waals surface area (Å²) in [4.78, 5) is 2.15. The van der Waals surface area contributed by atoms with Crippen molar-refractivity contribution in [3.05, 3.63) is 29.6 Å². The van der Waals surface area contributed by atoms with Crippen LogP contribution in [-0.4, -0.2) is 32.2 Å². The normalized spacial score (nSPS) is 16.7. The molecule has 1 fully saturated rings. The van der Waals surface area contributed by atoms with E-state index in [9.17, 15) is 4.39 Å². The minimum absolute atomic E-state index is 0.116. The molecule has 1 aromatic rings. The first-order valence-electron chi connectivity index (χ1n) is 7.14. The van der Waals surface area contributed by atoms with Crippen molar-refractivity contribution in [1.29, 1.82) is 0 Å². The number of benzene rings is 1. The smallest absolute Gasteiger partial charge is 0.146 e. The van der Waals surface area contributed by atoms with Gasteiger partial charge in [0.25, 0.3) is 0 Å². The molecule has 0 atom stereocenters. The van der Waals surface area contributed by atoms with Gasteiger partial charge in [0.15, 0.2) is 0 Å². The number of nitrogens with one attached hydrogen (secondary N) is 2. The predicted octanol–water partition coefficient (Wildman–Crippen LogP) is 2.12. The standard InChI is InChI=1S/C15H24FN3/c1-12(2)18-11-13-4-5-14(16)15(10-13)19-8-3-6-17-7-9-19/h4-5,10,12,17-18H,3,6-9,11H2,1-2H3. The molecule has 2 rings (SSSR count).